The van der Waals surface area contributed by atoms with Crippen molar-refractivity contribution >= 4 is 44.2 Å². The minimum absolute atomic E-state index is 0.135. The van der Waals surface area contributed by atoms with E-state index in [9.17, 15) is 4.79 Å². The number of thiazole rings is 1. The maximum Gasteiger partial charge on any atom is 0.235 e. The summed E-state index contributed by atoms with van der Waals surface area (Å²) >= 11 is 3.12. The van der Waals surface area contributed by atoms with Crippen LogP contribution in [-0.2, 0) is 4.79 Å². The van der Waals surface area contributed by atoms with Crippen molar-refractivity contribution in [3.63, 3.8) is 0 Å². The highest BCUT2D eigenvalue weighted by molar-refractivity contribution is 8.00. The van der Waals surface area contributed by atoms with Gasteiger partial charge in [-0.3, -0.25) is 9.20 Å². The molecule has 22 heavy (non-hydrogen) atoms. The molecule has 0 bridgehead atoms. The van der Waals surface area contributed by atoms with Crippen molar-refractivity contribution in [1.29, 1.82) is 0 Å². The normalized spacial score (nSPS) is 16.7. The molecule has 2 aromatic heterocycles. The van der Waals surface area contributed by atoms with Crippen LogP contribution in [-0.4, -0.2) is 43.7 Å². The molecular weight excluding hydrogens is 316 g/mol. The van der Waals surface area contributed by atoms with E-state index < -0.39 is 0 Å². The molecule has 1 unspecified atom stereocenters. The van der Waals surface area contributed by atoms with E-state index in [1.165, 1.54) is 16.5 Å². The molecule has 114 valence electrons. The van der Waals surface area contributed by atoms with E-state index in [2.05, 4.69) is 26.7 Å². The second-order valence-corrected chi connectivity index (χ2v) is 7.78. The molecule has 1 aliphatic rings. The van der Waals surface area contributed by atoms with Crippen molar-refractivity contribution in [2.75, 3.05) is 13.1 Å². The van der Waals surface area contributed by atoms with Gasteiger partial charge in [-0.2, -0.15) is 0 Å². The second-order valence-electron chi connectivity index (χ2n) is 5.46. The first-order chi connectivity index (χ1) is 10.7. The molecule has 1 atom stereocenters. The van der Waals surface area contributed by atoms with E-state index in [1.54, 1.807) is 11.3 Å². The van der Waals surface area contributed by atoms with Gasteiger partial charge in [-0.05, 0) is 31.9 Å². The number of thioether (sulfide) groups is 1. The Morgan fingerprint density at radius 2 is 2.05 bits per heavy atom. The summed E-state index contributed by atoms with van der Waals surface area (Å²) in [7, 11) is 0. The van der Waals surface area contributed by atoms with Gasteiger partial charge in [-0.15, -0.1) is 10.2 Å². The maximum absolute atomic E-state index is 12.5. The van der Waals surface area contributed by atoms with Gasteiger partial charge in [0.15, 0.2) is 5.16 Å². The largest absolute Gasteiger partial charge is 0.342 e. The molecule has 4 rings (SSSR count). The van der Waals surface area contributed by atoms with Crippen molar-refractivity contribution in [2.45, 2.75) is 30.2 Å². The number of para-hydroxylation sites is 1. The number of aromatic nitrogens is 3. The summed E-state index contributed by atoms with van der Waals surface area (Å²) in [5.41, 5.74) is 1.11. The second kappa shape index (κ2) is 5.55. The highest BCUT2D eigenvalue weighted by atomic mass is 32.2. The zero-order chi connectivity index (χ0) is 15.1. The Morgan fingerprint density at radius 1 is 1.27 bits per heavy atom. The van der Waals surface area contributed by atoms with Crippen LogP contribution in [0.4, 0.5) is 0 Å². The fraction of sp³-hybridized carbons (Fsp3) is 0.400. The third kappa shape index (κ3) is 2.28. The molecule has 1 aliphatic heterocycles. The van der Waals surface area contributed by atoms with E-state index >= 15 is 0 Å². The molecule has 0 saturated carbocycles. The number of carbonyl (C=O) groups is 1. The van der Waals surface area contributed by atoms with Crippen LogP contribution in [0, 0.1) is 0 Å². The number of nitrogens with zero attached hydrogens (tertiary/aromatic N) is 4. The summed E-state index contributed by atoms with van der Waals surface area (Å²) in [6.07, 6.45) is 2.24. The zero-order valence-corrected chi connectivity index (χ0v) is 13.9. The number of rotatable bonds is 3. The zero-order valence-electron chi connectivity index (χ0n) is 12.2. The van der Waals surface area contributed by atoms with Gasteiger partial charge >= 0.3 is 0 Å². The predicted molar refractivity (Wildman–Crippen MR) is 89.5 cm³/mol. The Morgan fingerprint density at radius 3 is 2.86 bits per heavy atom. The number of hydrogen-bond donors (Lipinski definition) is 0. The lowest BCUT2D eigenvalue weighted by atomic mass is 10.3. The number of hydrogen-bond acceptors (Lipinski definition) is 5. The SMILES string of the molecule is CC(Sc1nnc2sc3ccccc3n12)C(=O)N1CCCC1. The van der Waals surface area contributed by atoms with Crippen molar-refractivity contribution < 1.29 is 4.79 Å². The Balaban J connectivity index is 1.64. The summed E-state index contributed by atoms with van der Waals surface area (Å²) < 4.78 is 3.24. The molecule has 5 nitrogen and oxygen atoms in total. The van der Waals surface area contributed by atoms with Gasteiger partial charge in [0.2, 0.25) is 10.9 Å². The lowest BCUT2D eigenvalue weighted by Gasteiger charge is -2.19. The molecule has 1 saturated heterocycles. The molecule has 0 spiro atoms. The van der Waals surface area contributed by atoms with E-state index in [1.807, 2.05) is 24.0 Å². The van der Waals surface area contributed by atoms with Gasteiger partial charge in [0.25, 0.3) is 0 Å². The minimum atomic E-state index is -0.135. The van der Waals surface area contributed by atoms with Gasteiger partial charge in [0.05, 0.1) is 15.5 Å². The van der Waals surface area contributed by atoms with Gasteiger partial charge in [0, 0.05) is 13.1 Å². The summed E-state index contributed by atoms with van der Waals surface area (Å²) in [5, 5.41) is 9.19. The first-order valence-corrected chi connectivity index (χ1v) is 9.12. The summed E-state index contributed by atoms with van der Waals surface area (Å²) in [5.74, 6) is 0.207. The van der Waals surface area contributed by atoms with E-state index in [0.29, 0.717) is 0 Å². The summed E-state index contributed by atoms with van der Waals surface area (Å²) in [6, 6.07) is 8.20. The van der Waals surface area contributed by atoms with E-state index in [0.717, 1.165) is 41.6 Å². The van der Waals surface area contributed by atoms with Crippen LogP contribution < -0.4 is 0 Å². The molecule has 3 heterocycles. The lowest BCUT2D eigenvalue weighted by molar-refractivity contribution is -0.129. The molecule has 0 N–H and O–H groups in total. The number of carbonyl (C=O) groups excluding carboxylic acids is 1. The van der Waals surface area contributed by atoms with Gasteiger partial charge in [-0.25, -0.2) is 0 Å². The molecule has 0 aliphatic carbocycles. The lowest BCUT2D eigenvalue weighted by Crippen LogP contribution is -2.34. The summed E-state index contributed by atoms with van der Waals surface area (Å²) in [6.45, 7) is 3.74. The average molecular weight is 332 g/mol. The van der Waals surface area contributed by atoms with Crippen molar-refractivity contribution in [1.82, 2.24) is 19.5 Å². The highest BCUT2D eigenvalue weighted by Crippen LogP contribution is 2.31. The molecule has 7 heteroatoms. The van der Waals surface area contributed by atoms with Crippen LogP contribution in [0.25, 0.3) is 15.2 Å². The maximum atomic E-state index is 12.5. The van der Waals surface area contributed by atoms with Crippen LogP contribution in [0.1, 0.15) is 19.8 Å². The quantitative estimate of drug-likeness (QED) is 0.692. The fourth-order valence-corrected chi connectivity index (χ4v) is 4.80. The summed E-state index contributed by atoms with van der Waals surface area (Å²) in [4.78, 5) is 15.3. The monoisotopic (exact) mass is 332 g/mol. The molecule has 3 aromatic rings. The van der Waals surface area contributed by atoms with Crippen molar-refractivity contribution in [2.24, 2.45) is 0 Å². The third-order valence-electron chi connectivity index (χ3n) is 3.96. The Hall–Kier alpha value is -1.60. The molecule has 1 fully saturated rings. The van der Waals surface area contributed by atoms with Gasteiger partial charge in [0.1, 0.15) is 0 Å². The number of benzene rings is 1. The number of amides is 1. The fourth-order valence-electron chi connectivity index (χ4n) is 2.83. The van der Waals surface area contributed by atoms with Gasteiger partial charge in [-0.1, -0.05) is 35.2 Å². The topological polar surface area (TPSA) is 50.5 Å². The Kier molecular flexibility index (Phi) is 3.54. The Bertz CT molecular complexity index is 834. The minimum Gasteiger partial charge on any atom is -0.342 e. The molecule has 1 aromatic carbocycles. The third-order valence-corrected chi connectivity index (χ3v) is 6.00. The molecular formula is C15H16N4OS2. The number of likely N-dealkylation sites (tertiary alicyclic amines) is 1. The van der Waals surface area contributed by atoms with E-state index in [-0.39, 0.29) is 11.2 Å². The van der Waals surface area contributed by atoms with Gasteiger partial charge < -0.3 is 4.90 Å². The molecule has 1 amide bonds. The van der Waals surface area contributed by atoms with Crippen molar-refractivity contribution in [3.8, 4) is 0 Å². The smallest absolute Gasteiger partial charge is 0.235 e. The van der Waals surface area contributed by atoms with Crippen LogP contribution >= 0.6 is 23.1 Å². The standard InChI is InChI=1S/C15H16N4OS2/c1-10(13(20)18-8-4-5-9-18)21-14-16-17-15-19(14)11-6-2-3-7-12(11)22-15/h2-3,6-7,10H,4-5,8-9H2,1H3. The number of fused-ring (bicyclic) bond motifs is 3. The van der Waals surface area contributed by atoms with Crippen LogP contribution in [0.3, 0.4) is 0 Å². The average Bonchev–Trinajstić information content (AvgIpc) is 3.23. The van der Waals surface area contributed by atoms with Crippen LogP contribution in [0.2, 0.25) is 0 Å². The van der Waals surface area contributed by atoms with Crippen molar-refractivity contribution in [3.05, 3.63) is 24.3 Å². The first-order valence-electron chi connectivity index (χ1n) is 7.42. The first kappa shape index (κ1) is 14.0. The van der Waals surface area contributed by atoms with Crippen LogP contribution in [0.15, 0.2) is 29.4 Å². The van der Waals surface area contributed by atoms with E-state index in [4.69, 9.17) is 0 Å². The highest BCUT2D eigenvalue weighted by Gasteiger charge is 2.26. The predicted octanol–water partition coefficient (Wildman–Crippen LogP) is 3.05. The van der Waals surface area contributed by atoms with Crippen LogP contribution in [0.5, 0.6) is 0 Å². The Labute approximate surface area is 136 Å². The molecule has 0 radical (unpaired) electrons.